The molecule has 0 saturated heterocycles. The molecule has 0 amide bonds. The molecule has 1 rings (SSSR count). The molecule has 0 aromatic heterocycles. The minimum Gasteiger partial charge on any atom is -0.396 e. The van der Waals surface area contributed by atoms with Crippen LogP contribution in [0.5, 0.6) is 0 Å². The van der Waals surface area contributed by atoms with Gasteiger partial charge in [0, 0.05) is 31.3 Å². The highest BCUT2D eigenvalue weighted by atomic mass is 127. The zero-order valence-electron chi connectivity index (χ0n) is 14.7. The number of nitrogens with zero attached hydrogens (tertiary/aromatic N) is 1. The van der Waals surface area contributed by atoms with E-state index in [4.69, 9.17) is 16.7 Å². The molecule has 0 fully saturated rings. The first-order chi connectivity index (χ1) is 11.2. The van der Waals surface area contributed by atoms with Crippen molar-refractivity contribution in [1.29, 1.82) is 0 Å². The highest BCUT2D eigenvalue weighted by Gasteiger charge is 2.07. The summed E-state index contributed by atoms with van der Waals surface area (Å²) in [4.78, 5) is 4.66. The van der Waals surface area contributed by atoms with Crippen molar-refractivity contribution in [2.24, 2.45) is 10.9 Å². The van der Waals surface area contributed by atoms with Gasteiger partial charge < -0.3 is 15.7 Å². The molecule has 0 aliphatic heterocycles. The Morgan fingerprint density at radius 1 is 1.17 bits per heavy atom. The Morgan fingerprint density at radius 3 is 2.46 bits per heavy atom. The number of hydrogen-bond acceptors (Lipinski definition) is 2. The van der Waals surface area contributed by atoms with Crippen molar-refractivity contribution < 1.29 is 5.11 Å². The van der Waals surface area contributed by atoms with E-state index in [1.54, 1.807) is 0 Å². The summed E-state index contributed by atoms with van der Waals surface area (Å²) >= 11 is 5.90. The molecular formula is C18H31ClIN3O. The zero-order valence-corrected chi connectivity index (χ0v) is 17.8. The van der Waals surface area contributed by atoms with Crippen molar-refractivity contribution in [3.05, 3.63) is 34.9 Å². The lowest BCUT2D eigenvalue weighted by molar-refractivity contribution is 0.253. The van der Waals surface area contributed by atoms with Gasteiger partial charge in [0.15, 0.2) is 5.96 Å². The molecule has 1 aromatic carbocycles. The second-order valence-electron chi connectivity index (χ2n) is 5.69. The van der Waals surface area contributed by atoms with Gasteiger partial charge >= 0.3 is 0 Å². The van der Waals surface area contributed by atoms with Crippen LogP contribution < -0.4 is 10.6 Å². The predicted octanol–water partition coefficient (Wildman–Crippen LogP) is 3.85. The molecule has 1 aromatic rings. The standard InChI is InChI=1S/C18H30ClN3O.HI/c1-3-5-16(11-13-23)14-22-18(20-4-2)21-12-10-15-6-8-17(19)9-7-15;/h6-9,16,23H,3-5,10-14H2,1-2H3,(H2,20,21,22);1H. The van der Waals surface area contributed by atoms with E-state index < -0.39 is 0 Å². The highest BCUT2D eigenvalue weighted by Crippen LogP contribution is 2.11. The molecule has 138 valence electrons. The number of guanidine groups is 1. The topological polar surface area (TPSA) is 56.7 Å². The van der Waals surface area contributed by atoms with Crippen molar-refractivity contribution >= 4 is 41.5 Å². The number of benzene rings is 1. The monoisotopic (exact) mass is 467 g/mol. The van der Waals surface area contributed by atoms with Gasteiger partial charge in [-0.1, -0.05) is 37.1 Å². The molecule has 3 N–H and O–H groups in total. The van der Waals surface area contributed by atoms with Gasteiger partial charge in [0.25, 0.3) is 0 Å². The Labute approximate surface area is 168 Å². The smallest absolute Gasteiger partial charge is 0.191 e. The van der Waals surface area contributed by atoms with E-state index in [1.165, 1.54) is 5.56 Å². The maximum absolute atomic E-state index is 9.13. The van der Waals surface area contributed by atoms with E-state index >= 15 is 0 Å². The zero-order chi connectivity index (χ0) is 16.9. The van der Waals surface area contributed by atoms with Crippen LogP contribution in [0.2, 0.25) is 5.02 Å². The predicted molar refractivity (Wildman–Crippen MR) is 115 cm³/mol. The molecule has 0 heterocycles. The SMILES string of the molecule is CCCC(CCO)CN=C(NCC)NCCc1ccc(Cl)cc1.I. The molecule has 0 bridgehead atoms. The van der Waals surface area contributed by atoms with Crippen LogP contribution in [0.1, 0.15) is 38.7 Å². The largest absolute Gasteiger partial charge is 0.396 e. The van der Waals surface area contributed by atoms with Crippen LogP contribution in [0.4, 0.5) is 0 Å². The van der Waals surface area contributed by atoms with Crippen molar-refractivity contribution in [3.63, 3.8) is 0 Å². The number of rotatable bonds is 10. The average molecular weight is 468 g/mol. The van der Waals surface area contributed by atoms with E-state index in [1.807, 2.05) is 24.3 Å². The Morgan fingerprint density at radius 2 is 1.88 bits per heavy atom. The number of nitrogens with one attached hydrogen (secondary N) is 2. The first-order valence-corrected chi connectivity index (χ1v) is 8.94. The molecule has 0 spiro atoms. The first-order valence-electron chi connectivity index (χ1n) is 8.57. The van der Waals surface area contributed by atoms with Gasteiger partial charge in [-0.05, 0) is 49.8 Å². The lowest BCUT2D eigenvalue weighted by Gasteiger charge is -2.15. The van der Waals surface area contributed by atoms with Crippen LogP contribution in [0.15, 0.2) is 29.3 Å². The van der Waals surface area contributed by atoms with Gasteiger partial charge in [0.1, 0.15) is 0 Å². The fourth-order valence-electron chi connectivity index (χ4n) is 2.46. The van der Waals surface area contributed by atoms with Crippen LogP contribution in [-0.2, 0) is 6.42 Å². The second kappa shape index (κ2) is 14.8. The molecular weight excluding hydrogens is 437 g/mol. The van der Waals surface area contributed by atoms with Gasteiger partial charge in [0.05, 0.1) is 0 Å². The third-order valence-corrected chi connectivity index (χ3v) is 3.96. The molecule has 0 radical (unpaired) electrons. The Hall–Kier alpha value is -0.530. The lowest BCUT2D eigenvalue weighted by Crippen LogP contribution is -2.38. The summed E-state index contributed by atoms with van der Waals surface area (Å²) < 4.78 is 0. The Kier molecular flexibility index (Phi) is 14.5. The summed E-state index contributed by atoms with van der Waals surface area (Å²) in [5.74, 6) is 1.30. The molecule has 24 heavy (non-hydrogen) atoms. The van der Waals surface area contributed by atoms with Gasteiger partial charge in [-0.25, -0.2) is 0 Å². The summed E-state index contributed by atoms with van der Waals surface area (Å²) in [6.45, 7) is 6.89. The van der Waals surface area contributed by atoms with E-state index in [9.17, 15) is 0 Å². The first kappa shape index (κ1) is 23.5. The summed E-state index contributed by atoms with van der Waals surface area (Å²) in [6, 6.07) is 7.93. The summed E-state index contributed by atoms with van der Waals surface area (Å²) in [6.07, 6.45) is 3.98. The minimum atomic E-state index is 0. The molecule has 1 unspecified atom stereocenters. The average Bonchev–Trinajstić information content (AvgIpc) is 2.54. The number of aliphatic hydroxyl groups excluding tert-OH is 1. The summed E-state index contributed by atoms with van der Waals surface area (Å²) in [5, 5.41) is 16.5. The number of aliphatic hydroxyl groups is 1. The van der Waals surface area contributed by atoms with Gasteiger partial charge in [-0.15, -0.1) is 24.0 Å². The van der Waals surface area contributed by atoms with Crippen LogP contribution in [0.25, 0.3) is 0 Å². The van der Waals surface area contributed by atoms with E-state index in [0.29, 0.717) is 5.92 Å². The fourth-order valence-corrected chi connectivity index (χ4v) is 2.58. The molecule has 0 saturated carbocycles. The van der Waals surface area contributed by atoms with Crippen molar-refractivity contribution in [2.45, 2.75) is 39.5 Å². The van der Waals surface area contributed by atoms with Crippen molar-refractivity contribution in [1.82, 2.24) is 10.6 Å². The quantitative estimate of drug-likeness (QED) is 0.278. The van der Waals surface area contributed by atoms with Crippen molar-refractivity contribution in [2.75, 3.05) is 26.2 Å². The maximum Gasteiger partial charge on any atom is 0.191 e. The van der Waals surface area contributed by atoms with E-state index in [0.717, 1.165) is 56.3 Å². The molecule has 6 heteroatoms. The highest BCUT2D eigenvalue weighted by molar-refractivity contribution is 14.0. The van der Waals surface area contributed by atoms with Gasteiger partial charge in [-0.2, -0.15) is 0 Å². The fraction of sp³-hybridized carbons (Fsp3) is 0.611. The third kappa shape index (κ3) is 10.4. The second-order valence-corrected chi connectivity index (χ2v) is 6.13. The normalized spacial score (nSPS) is 12.4. The number of aliphatic imine (C=N–C) groups is 1. The van der Waals surface area contributed by atoms with Crippen LogP contribution in [0, 0.1) is 5.92 Å². The van der Waals surface area contributed by atoms with Gasteiger partial charge in [-0.3, -0.25) is 4.99 Å². The van der Waals surface area contributed by atoms with E-state index in [2.05, 4.69) is 29.5 Å². The third-order valence-electron chi connectivity index (χ3n) is 3.71. The van der Waals surface area contributed by atoms with Crippen LogP contribution in [0.3, 0.4) is 0 Å². The Bertz CT molecular complexity index is 448. The number of halogens is 2. The van der Waals surface area contributed by atoms with Gasteiger partial charge in [0.2, 0.25) is 0 Å². The summed E-state index contributed by atoms with van der Waals surface area (Å²) in [5.41, 5.74) is 1.25. The Balaban J connectivity index is 0.00000529. The van der Waals surface area contributed by atoms with Crippen molar-refractivity contribution in [3.8, 4) is 0 Å². The van der Waals surface area contributed by atoms with Crippen LogP contribution in [-0.4, -0.2) is 37.3 Å². The van der Waals surface area contributed by atoms with Crippen LogP contribution >= 0.6 is 35.6 Å². The molecule has 0 aliphatic rings. The minimum absolute atomic E-state index is 0. The number of hydrogen-bond donors (Lipinski definition) is 3. The molecule has 0 aliphatic carbocycles. The van der Waals surface area contributed by atoms with E-state index in [-0.39, 0.29) is 30.6 Å². The molecule has 4 nitrogen and oxygen atoms in total. The maximum atomic E-state index is 9.13. The summed E-state index contributed by atoms with van der Waals surface area (Å²) in [7, 11) is 0. The molecule has 1 atom stereocenters. The lowest BCUT2D eigenvalue weighted by atomic mass is 10.0.